The highest BCUT2D eigenvalue weighted by molar-refractivity contribution is 5.75. The third kappa shape index (κ3) is 4.64. The Morgan fingerprint density at radius 3 is 3.00 bits per heavy atom. The van der Waals surface area contributed by atoms with Gasteiger partial charge in [0.2, 0.25) is 5.91 Å². The van der Waals surface area contributed by atoms with Crippen molar-refractivity contribution >= 4 is 5.91 Å². The minimum atomic E-state index is 0.261. The second-order valence-corrected chi connectivity index (χ2v) is 5.99. The molecule has 1 aromatic rings. The van der Waals surface area contributed by atoms with E-state index in [2.05, 4.69) is 36.5 Å². The average molecular weight is 274 g/mol. The topological polar surface area (TPSA) is 32.3 Å². The predicted octanol–water partition coefficient (Wildman–Crippen LogP) is 2.73. The lowest BCUT2D eigenvalue weighted by Crippen LogP contribution is -2.31. The molecule has 0 aliphatic carbocycles. The van der Waals surface area contributed by atoms with Crippen molar-refractivity contribution in [3.8, 4) is 0 Å². The van der Waals surface area contributed by atoms with E-state index < -0.39 is 0 Å². The van der Waals surface area contributed by atoms with Gasteiger partial charge in [-0.25, -0.2) is 0 Å². The van der Waals surface area contributed by atoms with Crippen LogP contribution in [0.25, 0.3) is 0 Å². The average Bonchev–Trinajstić information content (AvgIpc) is 2.46. The van der Waals surface area contributed by atoms with E-state index in [-0.39, 0.29) is 5.91 Å². The van der Waals surface area contributed by atoms with Crippen molar-refractivity contribution in [2.75, 3.05) is 20.1 Å². The molecule has 1 heterocycles. The first-order valence-corrected chi connectivity index (χ1v) is 7.65. The molecule has 1 unspecified atom stereocenters. The third-order valence-electron chi connectivity index (χ3n) is 4.09. The summed E-state index contributed by atoms with van der Waals surface area (Å²) in [6, 6.07) is 8.37. The van der Waals surface area contributed by atoms with Gasteiger partial charge in [-0.05, 0) is 50.8 Å². The number of aryl methyl sites for hydroxylation is 1. The van der Waals surface area contributed by atoms with Crippen LogP contribution in [0.15, 0.2) is 24.3 Å². The van der Waals surface area contributed by atoms with E-state index in [1.54, 1.807) is 0 Å². The lowest BCUT2D eigenvalue weighted by atomic mass is 9.94. The van der Waals surface area contributed by atoms with Gasteiger partial charge in [0, 0.05) is 20.0 Å². The van der Waals surface area contributed by atoms with Gasteiger partial charge >= 0.3 is 0 Å². The Hall–Kier alpha value is -1.35. The first kappa shape index (κ1) is 15.0. The molecule has 1 aliphatic rings. The van der Waals surface area contributed by atoms with Crippen LogP contribution in [-0.4, -0.2) is 30.9 Å². The molecule has 1 atom stereocenters. The van der Waals surface area contributed by atoms with Crippen LogP contribution in [-0.2, 0) is 11.3 Å². The molecule has 1 N–H and O–H groups in total. The first-order chi connectivity index (χ1) is 9.65. The highest BCUT2D eigenvalue weighted by Gasteiger charge is 2.16. The molecule has 0 aromatic heterocycles. The number of rotatable bonds is 5. The van der Waals surface area contributed by atoms with Crippen LogP contribution < -0.4 is 5.32 Å². The number of hydrogen-bond donors (Lipinski definition) is 1. The minimum Gasteiger partial charge on any atom is -0.341 e. The van der Waals surface area contributed by atoms with Gasteiger partial charge in [0.05, 0.1) is 0 Å². The van der Waals surface area contributed by atoms with Crippen molar-refractivity contribution in [3.05, 3.63) is 35.4 Å². The van der Waals surface area contributed by atoms with Gasteiger partial charge in [0.1, 0.15) is 0 Å². The molecular formula is C17H26N2O. The Morgan fingerprint density at radius 1 is 1.45 bits per heavy atom. The number of carbonyl (C=O) groups is 1. The summed E-state index contributed by atoms with van der Waals surface area (Å²) in [7, 11) is 1.91. The van der Waals surface area contributed by atoms with Crippen LogP contribution in [0.4, 0.5) is 0 Å². The summed E-state index contributed by atoms with van der Waals surface area (Å²) in [5.41, 5.74) is 2.46. The van der Waals surface area contributed by atoms with Crippen molar-refractivity contribution in [3.63, 3.8) is 0 Å². The van der Waals surface area contributed by atoms with Gasteiger partial charge in [-0.2, -0.15) is 0 Å². The summed E-state index contributed by atoms with van der Waals surface area (Å²) in [5.74, 6) is 0.942. The van der Waals surface area contributed by atoms with E-state index in [0.717, 1.165) is 19.5 Å². The Balaban J connectivity index is 1.76. The molecule has 0 radical (unpaired) electrons. The molecule has 2 rings (SSSR count). The molecule has 0 saturated carbocycles. The van der Waals surface area contributed by atoms with E-state index in [1.165, 1.54) is 24.0 Å². The summed E-state index contributed by atoms with van der Waals surface area (Å²) in [5, 5.41) is 3.41. The molecule has 1 saturated heterocycles. The number of nitrogens with one attached hydrogen (secondary N) is 1. The molecule has 1 amide bonds. The van der Waals surface area contributed by atoms with E-state index in [4.69, 9.17) is 0 Å². The van der Waals surface area contributed by atoms with Crippen molar-refractivity contribution < 1.29 is 4.79 Å². The van der Waals surface area contributed by atoms with Crippen LogP contribution in [0.3, 0.4) is 0 Å². The summed E-state index contributed by atoms with van der Waals surface area (Å²) in [4.78, 5) is 14.0. The van der Waals surface area contributed by atoms with Crippen molar-refractivity contribution in [2.24, 2.45) is 5.92 Å². The quantitative estimate of drug-likeness (QED) is 0.895. The van der Waals surface area contributed by atoms with Crippen LogP contribution in [0, 0.1) is 12.8 Å². The van der Waals surface area contributed by atoms with Gasteiger partial charge in [-0.3, -0.25) is 4.79 Å². The normalized spacial score (nSPS) is 18.8. The van der Waals surface area contributed by atoms with Gasteiger partial charge in [0.15, 0.2) is 0 Å². The zero-order valence-electron chi connectivity index (χ0n) is 12.7. The van der Waals surface area contributed by atoms with Crippen molar-refractivity contribution in [1.82, 2.24) is 10.2 Å². The first-order valence-electron chi connectivity index (χ1n) is 7.65. The standard InChI is InChI=1S/C17H26N2O/c1-14-5-3-6-16(11-14)13-19(2)17(20)9-8-15-7-4-10-18-12-15/h3,5-6,11,15,18H,4,7-10,12-13H2,1-2H3. The van der Waals surface area contributed by atoms with Crippen LogP contribution in [0.5, 0.6) is 0 Å². The number of benzene rings is 1. The summed E-state index contributed by atoms with van der Waals surface area (Å²) in [6.07, 6.45) is 4.21. The summed E-state index contributed by atoms with van der Waals surface area (Å²) < 4.78 is 0. The monoisotopic (exact) mass is 274 g/mol. The Morgan fingerprint density at radius 2 is 2.30 bits per heavy atom. The Bertz CT molecular complexity index is 438. The van der Waals surface area contributed by atoms with Gasteiger partial charge in [-0.1, -0.05) is 29.8 Å². The summed E-state index contributed by atoms with van der Waals surface area (Å²) in [6.45, 7) is 5.01. The van der Waals surface area contributed by atoms with E-state index in [0.29, 0.717) is 18.9 Å². The Labute approximate surface area is 122 Å². The fourth-order valence-corrected chi connectivity index (χ4v) is 2.86. The van der Waals surface area contributed by atoms with Gasteiger partial charge < -0.3 is 10.2 Å². The second-order valence-electron chi connectivity index (χ2n) is 5.99. The molecule has 3 nitrogen and oxygen atoms in total. The van der Waals surface area contributed by atoms with Crippen LogP contribution in [0.2, 0.25) is 0 Å². The zero-order chi connectivity index (χ0) is 14.4. The number of piperidine rings is 1. The maximum atomic E-state index is 12.2. The van der Waals surface area contributed by atoms with Crippen LogP contribution >= 0.6 is 0 Å². The minimum absolute atomic E-state index is 0.261. The lowest BCUT2D eigenvalue weighted by Gasteiger charge is -2.24. The summed E-state index contributed by atoms with van der Waals surface area (Å²) >= 11 is 0. The van der Waals surface area contributed by atoms with Crippen LogP contribution in [0.1, 0.15) is 36.8 Å². The molecule has 0 spiro atoms. The SMILES string of the molecule is Cc1cccc(CN(C)C(=O)CCC2CCCNC2)c1. The maximum absolute atomic E-state index is 12.2. The molecule has 3 heteroatoms. The molecule has 110 valence electrons. The zero-order valence-corrected chi connectivity index (χ0v) is 12.7. The van der Waals surface area contributed by atoms with Gasteiger partial charge in [0.25, 0.3) is 0 Å². The number of amides is 1. The number of nitrogens with zero attached hydrogens (tertiary/aromatic N) is 1. The second kappa shape index (κ2) is 7.44. The highest BCUT2D eigenvalue weighted by atomic mass is 16.2. The Kier molecular flexibility index (Phi) is 5.60. The van der Waals surface area contributed by atoms with E-state index >= 15 is 0 Å². The highest BCUT2D eigenvalue weighted by Crippen LogP contribution is 2.17. The lowest BCUT2D eigenvalue weighted by molar-refractivity contribution is -0.130. The van der Waals surface area contributed by atoms with E-state index in [9.17, 15) is 4.79 Å². The molecular weight excluding hydrogens is 248 g/mol. The molecule has 0 bridgehead atoms. The fraction of sp³-hybridized carbons (Fsp3) is 0.588. The molecule has 1 aromatic carbocycles. The van der Waals surface area contributed by atoms with Crippen molar-refractivity contribution in [1.29, 1.82) is 0 Å². The molecule has 1 aliphatic heterocycles. The number of hydrogen-bond acceptors (Lipinski definition) is 2. The maximum Gasteiger partial charge on any atom is 0.222 e. The van der Waals surface area contributed by atoms with Gasteiger partial charge in [-0.15, -0.1) is 0 Å². The van der Waals surface area contributed by atoms with E-state index in [1.807, 2.05) is 11.9 Å². The van der Waals surface area contributed by atoms with Crippen molar-refractivity contribution in [2.45, 2.75) is 39.2 Å². The molecule has 1 fully saturated rings. The molecule has 20 heavy (non-hydrogen) atoms. The number of carbonyl (C=O) groups excluding carboxylic acids is 1. The largest absolute Gasteiger partial charge is 0.341 e. The fourth-order valence-electron chi connectivity index (χ4n) is 2.86. The third-order valence-corrected chi connectivity index (χ3v) is 4.09. The predicted molar refractivity (Wildman–Crippen MR) is 82.5 cm³/mol. The smallest absolute Gasteiger partial charge is 0.222 e.